The summed E-state index contributed by atoms with van der Waals surface area (Å²) in [5.74, 6) is 1.17. The number of amides is 2. The van der Waals surface area contributed by atoms with Crippen molar-refractivity contribution in [3.05, 3.63) is 12.7 Å². The molecule has 4 nitrogen and oxygen atoms in total. The van der Waals surface area contributed by atoms with Crippen molar-refractivity contribution >= 4 is 11.8 Å². The molecular weight excluding hydrogens is 252 g/mol. The van der Waals surface area contributed by atoms with Gasteiger partial charge >= 0.3 is 0 Å². The van der Waals surface area contributed by atoms with Crippen molar-refractivity contribution < 1.29 is 9.59 Å². The molecule has 0 N–H and O–H groups in total. The molecular formula is C16H24N2O2. The van der Waals surface area contributed by atoms with E-state index < -0.39 is 0 Å². The van der Waals surface area contributed by atoms with Gasteiger partial charge in [0.05, 0.1) is 5.41 Å². The lowest BCUT2D eigenvalue weighted by Crippen LogP contribution is -2.50. The lowest BCUT2D eigenvalue weighted by atomic mass is 9.78. The molecule has 3 fully saturated rings. The van der Waals surface area contributed by atoms with E-state index in [0.29, 0.717) is 18.9 Å². The molecule has 2 saturated heterocycles. The van der Waals surface area contributed by atoms with Gasteiger partial charge in [0.1, 0.15) is 0 Å². The highest BCUT2D eigenvalue weighted by Crippen LogP contribution is 2.41. The predicted octanol–water partition coefficient (Wildman–Crippen LogP) is 1.81. The number of likely N-dealkylation sites (tertiary alicyclic amines) is 2. The van der Waals surface area contributed by atoms with Crippen LogP contribution in [-0.4, -0.2) is 47.8 Å². The van der Waals surface area contributed by atoms with Crippen LogP contribution < -0.4 is 0 Å². The van der Waals surface area contributed by atoms with E-state index in [9.17, 15) is 9.59 Å². The van der Waals surface area contributed by atoms with Crippen LogP contribution in [0.4, 0.5) is 0 Å². The van der Waals surface area contributed by atoms with Gasteiger partial charge in [0.15, 0.2) is 0 Å². The van der Waals surface area contributed by atoms with E-state index in [1.807, 2.05) is 4.90 Å². The first-order valence-corrected chi connectivity index (χ1v) is 7.83. The fourth-order valence-electron chi connectivity index (χ4n) is 3.65. The predicted molar refractivity (Wildman–Crippen MR) is 77.0 cm³/mol. The minimum absolute atomic E-state index is 0.115. The molecule has 2 heterocycles. The van der Waals surface area contributed by atoms with Crippen LogP contribution in [0.3, 0.4) is 0 Å². The average Bonchev–Trinajstić information content (AvgIpc) is 3.14. The van der Waals surface area contributed by atoms with Crippen molar-refractivity contribution in [1.29, 1.82) is 0 Å². The van der Waals surface area contributed by atoms with E-state index in [2.05, 4.69) is 11.5 Å². The van der Waals surface area contributed by atoms with Crippen molar-refractivity contribution in [1.82, 2.24) is 9.80 Å². The van der Waals surface area contributed by atoms with E-state index in [1.54, 1.807) is 6.08 Å². The first kappa shape index (κ1) is 13.7. The SMILES string of the molecule is C=CCC(=O)N1CC[C@]2(CCCN(CC3CC3)C2=O)C1. The molecule has 1 aliphatic carbocycles. The average molecular weight is 276 g/mol. The summed E-state index contributed by atoms with van der Waals surface area (Å²) in [6, 6.07) is 0. The van der Waals surface area contributed by atoms with Crippen molar-refractivity contribution in [3.63, 3.8) is 0 Å². The van der Waals surface area contributed by atoms with Gasteiger partial charge < -0.3 is 9.80 Å². The van der Waals surface area contributed by atoms with Gasteiger partial charge in [0.25, 0.3) is 0 Å². The Kier molecular flexibility index (Phi) is 3.57. The lowest BCUT2D eigenvalue weighted by Gasteiger charge is -2.39. The lowest BCUT2D eigenvalue weighted by molar-refractivity contribution is -0.146. The van der Waals surface area contributed by atoms with E-state index in [0.717, 1.165) is 44.8 Å². The fourth-order valence-corrected chi connectivity index (χ4v) is 3.65. The smallest absolute Gasteiger partial charge is 0.230 e. The Balaban J connectivity index is 1.66. The van der Waals surface area contributed by atoms with Crippen molar-refractivity contribution in [2.75, 3.05) is 26.2 Å². The van der Waals surface area contributed by atoms with Crippen LogP contribution in [0.5, 0.6) is 0 Å². The van der Waals surface area contributed by atoms with E-state index >= 15 is 0 Å². The van der Waals surface area contributed by atoms with Gasteiger partial charge in [-0.2, -0.15) is 0 Å². The first-order chi connectivity index (χ1) is 9.64. The molecule has 0 unspecified atom stereocenters. The van der Waals surface area contributed by atoms with Crippen LogP contribution in [0.1, 0.15) is 38.5 Å². The molecule has 2 amide bonds. The van der Waals surface area contributed by atoms with E-state index in [1.165, 1.54) is 12.8 Å². The number of carbonyl (C=O) groups is 2. The second-order valence-corrected chi connectivity index (χ2v) is 6.64. The minimum atomic E-state index is -0.274. The molecule has 1 saturated carbocycles. The normalized spacial score (nSPS) is 30.1. The highest BCUT2D eigenvalue weighted by atomic mass is 16.2. The number of hydrogen-bond acceptors (Lipinski definition) is 2. The summed E-state index contributed by atoms with van der Waals surface area (Å²) in [6.45, 7) is 6.84. The third-order valence-electron chi connectivity index (χ3n) is 5.03. The van der Waals surface area contributed by atoms with Crippen LogP contribution in [-0.2, 0) is 9.59 Å². The zero-order valence-electron chi connectivity index (χ0n) is 12.1. The van der Waals surface area contributed by atoms with Crippen LogP contribution >= 0.6 is 0 Å². The Morgan fingerprint density at radius 3 is 2.85 bits per heavy atom. The van der Waals surface area contributed by atoms with Gasteiger partial charge in [0, 0.05) is 32.6 Å². The molecule has 3 rings (SSSR count). The molecule has 0 aromatic carbocycles. The Hall–Kier alpha value is -1.32. The van der Waals surface area contributed by atoms with Crippen molar-refractivity contribution in [3.8, 4) is 0 Å². The molecule has 2 aliphatic heterocycles. The number of rotatable bonds is 4. The Labute approximate surface area is 120 Å². The summed E-state index contributed by atoms with van der Waals surface area (Å²) in [5, 5.41) is 0. The monoisotopic (exact) mass is 276 g/mol. The summed E-state index contributed by atoms with van der Waals surface area (Å²) >= 11 is 0. The zero-order chi connectivity index (χ0) is 14.2. The van der Waals surface area contributed by atoms with Crippen LogP contribution in [0.15, 0.2) is 12.7 Å². The van der Waals surface area contributed by atoms with Crippen LogP contribution in [0, 0.1) is 11.3 Å². The molecule has 0 bridgehead atoms. The summed E-state index contributed by atoms with van der Waals surface area (Å²) in [4.78, 5) is 28.7. The minimum Gasteiger partial charge on any atom is -0.342 e. The van der Waals surface area contributed by atoms with Crippen LogP contribution in [0.2, 0.25) is 0 Å². The Bertz CT molecular complexity index is 430. The molecule has 0 aromatic rings. The highest BCUT2D eigenvalue weighted by Gasteiger charge is 2.49. The van der Waals surface area contributed by atoms with Crippen molar-refractivity contribution in [2.45, 2.75) is 38.5 Å². The van der Waals surface area contributed by atoms with Crippen LogP contribution in [0.25, 0.3) is 0 Å². The Morgan fingerprint density at radius 2 is 2.15 bits per heavy atom. The fraction of sp³-hybridized carbons (Fsp3) is 0.750. The largest absolute Gasteiger partial charge is 0.342 e. The number of nitrogens with zero attached hydrogens (tertiary/aromatic N) is 2. The third kappa shape index (κ3) is 2.48. The van der Waals surface area contributed by atoms with Gasteiger partial charge in [-0.05, 0) is 38.0 Å². The summed E-state index contributed by atoms with van der Waals surface area (Å²) in [5.41, 5.74) is -0.274. The maximum absolute atomic E-state index is 12.8. The standard InChI is InChI=1S/C16H24N2O2/c1-2-4-14(19)18-10-8-16(12-18)7-3-9-17(15(16)20)11-13-5-6-13/h2,13H,1,3-12H2/t16-/m1/s1. The van der Waals surface area contributed by atoms with Gasteiger partial charge in [-0.1, -0.05) is 6.08 Å². The quantitative estimate of drug-likeness (QED) is 0.735. The van der Waals surface area contributed by atoms with Gasteiger partial charge in [0.2, 0.25) is 11.8 Å². The summed E-state index contributed by atoms with van der Waals surface area (Å²) in [6.07, 6.45) is 7.47. The molecule has 3 aliphatic rings. The van der Waals surface area contributed by atoms with E-state index in [-0.39, 0.29) is 11.3 Å². The molecule has 0 aromatic heterocycles. The molecule has 1 spiro atoms. The number of piperidine rings is 1. The highest BCUT2D eigenvalue weighted by molar-refractivity contribution is 5.86. The Morgan fingerprint density at radius 1 is 1.35 bits per heavy atom. The number of carbonyl (C=O) groups excluding carboxylic acids is 2. The van der Waals surface area contributed by atoms with Crippen molar-refractivity contribution in [2.24, 2.45) is 11.3 Å². The topological polar surface area (TPSA) is 40.6 Å². The molecule has 1 atom stereocenters. The number of hydrogen-bond donors (Lipinski definition) is 0. The molecule has 20 heavy (non-hydrogen) atoms. The third-order valence-corrected chi connectivity index (χ3v) is 5.03. The second-order valence-electron chi connectivity index (χ2n) is 6.64. The summed E-state index contributed by atoms with van der Waals surface area (Å²) in [7, 11) is 0. The first-order valence-electron chi connectivity index (χ1n) is 7.83. The second kappa shape index (κ2) is 5.23. The van der Waals surface area contributed by atoms with Gasteiger partial charge in [-0.3, -0.25) is 9.59 Å². The molecule has 0 radical (unpaired) electrons. The maximum Gasteiger partial charge on any atom is 0.230 e. The van der Waals surface area contributed by atoms with Gasteiger partial charge in [-0.25, -0.2) is 0 Å². The zero-order valence-corrected chi connectivity index (χ0v) is 12.1. The molecule has 4 heteroatoms. The maximum atomic E-state index is 12.8. The molecule has 110 valence electrons. The van der Waals surface area contributed by atoms with Gasteiger partial charge in [-0.15, -0.1) is 6.58 Å². The summed E-state index contributed by atoms with van der Waals surface area (Å²) < 4.78 is 0. The van der Waals surface area contributed by atoms with E-state index in [4.69, 9.17) is 0 Å².